The summed E-state index contributed by atoms with van der Waals surface area (Å²) in [5, 5.41) is 8.60. The molecular weight excluding hydrogens is 296 g/mol. The van der Waals surface area contributed by atoms with Gasteiger partial charge in [-0.1, -0.05) is 30.3 Å². The van der Waals surface area contributed by atoms with Crippen LogP contribution in [0.3, 0.4) is 0 Å². The molecule has 0 fully saturated rings. The molecule has 2 rings (SSSR count). The molecule has 118 valence electrons. The fraction of sp³-hybridized carbons (Fsp3) is 0.111. The van der Waals surface area contributed by atoms with Gasteiger partial charge in [0.1, 0.15) is 6.61 Å². The van der Waals surface area contributed by atoms with Gasteiger partial charge in [0.05, 0.1) is 24.0 Å². The highest BCUT2D eigenvalue weighted by molar-refractivity contribution is 5.93. The molecule has 23 heavy (non-hydrogen) atoms. The average Bonchev–Trinajstić information content (AvgIpc) is 2.60. The van der Waals surface area contributed by atoms with Crippen LogP contribution in [0.4, 0.5) is 0 Å². The monoisotopic (exact) mass is 312 g/mol. The quantitative estimate of drug-likeness (QED) is 0.656. The van der Waals surface area contributed by atoms with Crippen molar-refractivity contribution < 1.29 is 24.2 Å². The van der Waals surface area contributed by atoms with E-state index in [9.17, 15) is 9.59 Å². The van der Waals surface area contributed by atoms with Crippen molar-refractivity contribution in [1.29, 1.82) is 0 Å². The highest BCUT2D eigenvalue weighted by Crippen LogP contribution is 2.08. The van der Waals surface area contributed by atoms with Crippen molar-refractivity contribution in [2.75, 3.05) is 13.2 Å². The zero-order chi connectivity index (χ0) is 16.5. The van der Waals surface area contributed by atoms with Crippen molar-refractivity contribution in [3.05, 3.63) is 77.5 Å². The molecule has 0 atom stereocenters. The minimum absolute atomic E-state index is 0.0626. The van der Waals surface area contributed by atoms with Gasteiger partial charge in [0.15, 0.2) is 0 Å². The van der Waals surface area contributed by atoms with Crippen LogP contribution in [0.25, 0.3) is 6.08 Å². The van der Waals surface area contributed by atoms with E-state index >= 15 is 0 Å². The van der Waals surface area contributed by atoms with E-state index in [0.29, 0.717) is 11.1 Å². The third-order valence-electron chi connectivity index (χ3n) is 2.92. The maximum absolute atomic E-state index is 11.9. The minimum Gasteiger partial charge on any atom is -0.460 e. The first kappa shape index (κ1) is 16.5. The molecule has 1 N–H and O–H groups in total. The lowest BCUT2D eigenvalue weighted by Gasteiger charge is -2.04. The second-order valence-corrected chi connectivity index (χ2v) is 4.56. The summed E-state index contributed by atoms with van der Waals surface area (Å²) in [7, 11) is 0. The summed E-state index contributed by atoms with van der Waals surface area (Å²) in [5.74, 6) is -1.07. The molecule has 0 bridgehead atoms. The van der Waals surface area contributed by atoms with Gasteiger partial charge >= 0.3 is 11.9 Å². The Labute approximate surface area is 133 Å². The lowest BCUT2D eigenvalue weighted by atomic mass is 10.1. The Balaban J connectivity index is 1.92. The molecule has 0 aromatic heterocycles. The molecular formula is C18H16O5. The van der Waals surface area contributed by atoms with Crippen LogP contribution in [0.5, 0.6) is 0 Å². The lowest BCUT2D eigenvalue weighted by molar-refractivity contribution is 0.0433. The van der Waals surface area contributed by atoms with Gasteiger partial charge in [0.25, 0.3) is 0 Å². The van der Waals surface area contributed by atoms with Crippen molar-refractivity contribution in [1.82, 2.24) is 0 Å². The van der Waals surface area contributed by atoms with Gasteiger partial charge in [-0.15, -0.1) is 0 Å². The molecule has 0 radical (unpaired) electrons. The summed E-state index contributed by atoms with van der Waals surface area (Å²) in [6.07, 6.45) is 3.00. The van der Waals surface area contributed by atoms with Gasteiger partial charge in [-0.3, -0.25) is 0 Å². The Hall–Kier alpha value is -2.92. The molecule has 0 unspecified atom stereocenters. The first-order valence-corrected chi connectivity index (χ1v) is 7.01. The molecule has 5 heteroatoms. The number of benzene rings is 2. The van der Waals surface area contributed by atoms with E-state index in [0.717, 1.165) is 5.56 Å². The number of carbonyl (C=O) groups is 2. The molecule has 2 aromatic carbocycles. The molecule has 2 aromatic rings. The molecule has 0 aliphatic carbocycles. The molecule has 0 aliphatic rings. The van der Waals surface area contributed by atoms with E-state index < -0.39 is 11.9 Å². The van der Waals surface area contributed by atoms with Crippen LogP contribution in [0.1, 0.15) is 26.3 Å². The molecule has 0 spiro atoms. The van der Waals surface area contributed by atoms with Crippen LogP contribution in [0.15, 0.2) is 60.9 Å². The zero-order valence-corrected chi connectivity index (χ0v) is 12.3. The SMILES string of the molecule is O=C(OC=Cc1ccccc1)c1ccc(C(=O)OCCO)cc1. The number of aliphatic hydroxyl groups excluding tert-OH is 1. The minimum atomic E-state index is -0.553. The van der Waals surface area contributed by atoms with Gasteiger partial charge in [-0.05, 0) is 35.9 Å². The number of hydrogen-bond acceptors (Lipinski definition) is 5. The topological polar surface area (TPSA) is 72.8 Å². The summed E-state index contributed by atoms with van der Waals surface area (Å²) in [5.41, 5.74) is 1.54. The van der Waals surface area contributed by atoms with E-state index in [1.165, 1.54) is 30.5 Å². The van der Waals surface area contributed by atoms with E-state index in [1.54, 1.807) is 6.08 Å². The van der Waals surface area contributed by atoms with Crippen LogP contribution < -0.4 is 0 Å². The molecule has 0 saturated heterocycles. The van der Waals surface area contributed by atoms with Crippen LogP contribution in [-0.2, 0) is 9.47 Å². The Morgan fingerprint density at radius 3 is 2.13 bits per heavy atom. The highest BCUT2D eigenvalue weighted by Gasteiger charge is 2.10. The number of aliphatic hydroxyl groups is 1. The molecule has 0 heterocycles. The third kappa shape index (κ3) is 5.09. The van der Waals surface area contributed by atoms with Crippen molar-refractivity contribution in [3.8, 4) is 0 Å². The fourth-order valence-electron chi connectivity index (χ4n) is 1.77. The molecule has 0 amide bonds. The van der Waals surface area contributed by atoms with E-state index in [1.807, 2.05) is 30.3 Å². The van der Waals surface area contributed by atoms with Gasteiger partial charge in [0.2, 0.25) is 0 Å². The van der Waals surface area contributed by atoms with Gasteiger partial charge < -0.3 is 14.6 Å². The van der Waals surface area contributed by atoms with Crippen molar-refractivity contribution in [3.63, 3.8) is 0 Å². The van der Waals surface area contributed by atoms with E-state index in [4.69, 9.17) is 14.6 Å². The predicted molar refractivity (Wildman–Crippen MR) is 84.7 cm³/mol. The summed E-state index contributed by atoms with van der Waals surface area (Å²) >= 11 is 0. The summed E-state index contributed by atoms with van der Waals surface area (Å²) < 4.78 is 9.80. The van der Waals surface area contributed by atoms with E-state index in [-0.39, 0.29) is 13.2 Å². The third-order valence-corrected chi connectivity index (χ3v) is 2.92. The fourth-order valence-corrected chi connectivity index (χ4v) is 1.77. The van der Waals surface area contributed by atoms with Crippen molar-refractivity contribution in [2.24, 2.45) is 0 Å². The number of rotatable bonds is 6. The maximum atomic E-state index is 11.9. The maximum Gasteiger partial charge on any atom is 0.342 e. The first-order chi connectivity index (χ1) is 11.2. The van der Waals surface area contributed by atoms with Gasteiger partial charge in [0, 0.05) is 0 Å². The van der Waals surface area contributed by atoms with Gasteiger partial charge in [-0.2, -0.15) is 0 Å². The van der Waals surface area contributed by atoms with Crippen LogP contribution in [0.2, 0.25) is 0 Å². The summed E-state index contributed by atoms with van der Waals surface area (Å²) in [6.45, 7) is -0.295. The largest absolute Gasteiger partial charge is 0.460 e. The second kappa shape index (κ2) is 8.51. The highest BCUT2D eigenvalue weighted by atomic mass is 16.5. The van der Waals surface area contributed by atoms with Crippen LogP contribution in [-0.4, -0.2) is 30.3 Å². The predicted octanol–water partition coefficient (Wildman–Crippen LogP) is 2.66. The van der Waals surface area contributed by atoms with Crippen molar-refractivity contribution >= 4 is 18.0 Å². The van der Waals surface area contributed by atoms with Crippen LogP contribution >= 0.6 is 0 Å². The van der Waals surface area contributed by atoms with Crippen molar-refractivity contribution in [2.45, 2.75) is 0 Å². The van der Waals surface area contributed by atoms with E-state index in [2.05, 4.69) is 0 Å². The number of esters is 2. The number of carbonyl (C=O) groups excluding carboxylic acids is 2. The lowest BCUT2D eigenvalue weighted by Crippen LogP contribution is -2.09. The Morgan fingerprint density at radius 2 is 1.52 bits per heavy atom. The Bertz CT molecular complexity index is 674. The normalized spacial score (nSPS) is 10.5. The molecule has 0 aliphatic heterocycles. The van der Waals surface area contributed by atoms with Crippen LogP contribution in [0, 0.1) is 0 Å². The summed E-state index contributed by atoms with van der Waals surface area (Å²) in [6, 6.07) is 15.3. The number of hydrogen-bond donors (Lipinski definition) is 1. The second-order valence-electron chi connectivity index (χ2n) is 4.56. The Kier molecular flexibility index (Phi) is 6.08. The standard InChI is InChI=1S/C18H16O5/c19-11-13-23-18(21)16-8-6-15(7-9-16)17(20)22-12-10-14-4-2-1-3-5-14/h1-10,12,19H,11,13H2. The molecule has 0 saturated carbocycles. The average molecular weight is 312 g/mol. The first-order valence-electron chi connectivity index (χ1n) is 7.01. The van der Waals surface area contributed by atoms with Gasteiger partial charge in [-0.25, -0.2) is 9.59 Å². The smallest absolute Gasteiger partial charge is 0.342 e. The Morgan fingerprint density at radius 1 is 0.913 bits per heavy atom. The molecule has 5 nitrogen and oxygen atoms in total. The zero-order valence-electron chi connectivity index (χ0n) is 12.3. The summed E-state index contributed by atoms with van der Waals surface area (Å²) in [4.78, 5) is 23.4. The number of ether oxygens (including phenoxy) is 2.